The molecule has 3 aromatic carbocycles. The predicted molar refractivity (Wildman–Crippen MR) is 135 cm³/mol. The average Bonchev–Trinajstić information content (AvgIpc) is 2.82. The quantitative estimate of drug-likeness (QED) is 0.361. The summed E-state index contributed by atoms with van der Waals surface area (Å²) in [5.41, 5.74) is 5.12. The molecule has 0 spiro atoms. The van der Waals surface area contributed by atoms with Crippen molar-refractivity contribution in [1.82, 2.24) is 4.90 Å². The van der Waals surface area contributed by atoms with E-state index in [9.17, 15) is 0 Å². The summed E-state index contributed by atoms with van der Waals surface area (Å²) in [6.45, 7) is 8.29. The van der Waals surface area contributed by atoms with Crippen LogP contribution in [0.4, 0.5) is 5.69 Å². The summed E-state index contributed by atoms with van der Waals surface area (Å²) in [5, 5.41) is 0.848. The van der Waals surface area contributed by atoms with E-state index in [-0.39, 0.29) is 0 Å². The zero-order chi connectivity index (χ0) is 22.2. The lowest BCUT2D eigenvalue weighted by atomic mass is 10.0. The Labute approximate surface area is 197 Å². The second-order valence-corrected chi connectivity index (χ2v) is 9.05. The van der Waals surface area contributed by atoms with E-state index in [0.717, 1.165) is 75.1 Å². The largest absolute Gasteiger partial charge is 0.494 e. The number of para-hydroxylation sites is 1. The molecule has 1 heterocycles. The van der Waals surface area contributed by atoms with E-state index >= 15 is 0 Å². The van der Waals surface area contributed by atoms with Crippen molar-refractivity contribution in [2.75, 3.05) is 44.2 Å². The van der Waals surface area contributed by atoms with Gasteiger partial charge in [-0.2, -0.15) is 0 Å². The van der Waals surface area contributed by atoms with Gasteiger partial charge in [-0.05, 0) is 68.1 Å². The monoisotopic (exact) mass is 448 g/mol. The van der Waals surface area contributed by atoms with Crippen LogP contribution in [-0.4, -0.2) is 44.2 Å². The Hall–Kier alpha value is -2.49. The van der Waals surface area contributed by atoms with Crippen molar-refractivity contribution in [3.63, 3.8) is 0 Å². The number of ether oxygens (including phenoxy) is 1. The SMILES string of the molecule is Cc1ccc(Cc2ccc(OCCCCN3CCN(c4ccccc4Cl)CC3)cc2)cc1. The van der Waals surface area contributed by atoms with Crippen LogP contribution in [0.15, 0.2) is 72.8 Å². The van der Waals surface area contributed by atoms with Gasteiger partial charge in [-0.25, -0.2) is 0 Å². The van der Waals surface area contributed by atoms with Crippen LogP contribution in [0.3, 0.4) is 0 Å². The second kappa shape index (κ2) is 11.4. The molecule has 3 aromatic rings. The highest BCUT2D eigenvalue weighted by Gasteiger charge is 2.18. The van der Waals surface area contributed by atoms with Gasteiger partial charge in [0.1, 0.15) is 5.75 Å². The Balaban J connectivity index is 1.11. The number of benzene rings is 3. The van der Waals surface area contributed by atoms with Crippen LogP contribution >= 0.6 is 11.6 Å². The highest BCUT2D eigenvalue weighted by Crippen LogP contribution is 2.26. The van der Waals surface area contributed by atoms with Gasteiger partial charge in [0, 0.05) is 26.2 Å². The Kier molecular flexibility index (Phi) is 8.08. The predicted octanol–water partition coefficient (Wildman–Crippen LogP) is 6.22. The molecule has 0 N–H and O–H groups in total. The topological polar surface area (TPSA) is 15.7 Å². The zero-order valence-electron chi connectivity index (χ0n) is 19.0. The number of hydrogen-bond donors (Lipinski definition) is 0. The van der Waals surface area contributed by atoms with Crippen molar-refractivity contribution in [2.24, 2.45) is 0 Å². The van der Waals surface area contributed by atoms with Crippen molar-refractivity contribution in [3.05, 3.63) is 94.5 Å². The highest BCUT2D eigenvalue weighted by molar-refractivity contribution is 6.33. The number of anilines is 1. The van der Waals surface area contributed by atoms with Crippen molar-refractivity contribution in [2.45, 2.75) is 26.2 Å². The zero-order valence-corrected chi connectivity index (χ0v) is 19.7. The minimum atomic E-state index is 0.775. The molecule has 1 fully saturated rings. The lowest BCUT2D eigenvalue weighted by Crippen LogP contribution is -2.46. The average molecular weight is 449 g/mol. The fourth-order valence-electron chi connectivity index (χ4n) is 4.19. The fraction of sp³-hybridized carbons (Fsp3) is 0.357. The van der Waals surface area contributed by atoms with E-state index in [1.54, 1.807) is 0 Å². The van der Waals surface area contributed by atoms with Crippen LogP contribution < -0.4 is 9.64 Å². The highest BCUT2D eigenvalue weighted by atomic mass is 35.5. The van der Waals surface area contributed by atoms with E-state index in [1.807, 2.05) is 12.1 Å². The molecule has 0 unspecified atom stereocenters. The van der Waals surface area contributed by atoms with Crippen LogP contribution in [0.1, 0.15) is 29.5 Å². The van der Waals surface area contributed by atoms with Gasteiger partial charge >= 0.3 is 0 Å². The summed E-state index contributed by atoms with van der Waals surface area (Å²) in [5.74, 6) is 0.964. The Morgan fingerprint density at radius 2 is 1.44 bits per heavy atom. The molecule has 0 atom stereocenters. The fourth-order valence-corrected chi connectivity index (χ4v) is 4.45. The first-order valence-corrected chi connectivity index (χ1v) is 12.0. The summed E-state index contributed by atoms with van der Waals surface area (Å²) in [4.78, 5) is 4.94. The molecule has 168 valence electrons. The molecule has 1 aliphatic heterocycles. The van der Waals surface area contributed by atoms with Crippen molar-refractivity contribution >= 4 is 17.3 Å². The molecule has 0 radical (unpaired) electrons. The van der Waals surface area contributed by atoms with E-state index in [0.29, 0.717) is 0 Å². The van der Waals surface area contributed by atoms with Gasteiger partial charge in [-0.1, -0.05) is 65.7 Å². The van der Waals surface area contributed by atoms with Gasteiger partial charge in [0.15, 0.2) is 0 Å². The van der Waals surface area contributed by atoms with Crippen molar-refractivity contribution in [3.8, 4) is 5.75 Å². The Morgan fingerprint density at radius 1 is 0.781 bits per heavy atom. The minimum Gasteiger partial charge on any atom is -0.494 e. The minimum absolute atomic E-state index is 0.775. The first-order valence-electron chi connectivity index (χ1n) is 11.7. The first-order chi connectivity index (χ1) is 15.7. The number of aryl methyl sites for hydroxylation is 1. The number of nitrogens with zero attached hydrogens (tertiary/aromatic N) is 2. The molecular formula is C28H33ClN2O. The van der Waals surface area contributed by atoms with Gasteiger partial charge < -0.3 is 9.64 Å². The summed E-state index contributed by atoms with van der Waals surface area (Å²) >= 11 is 6.34. The standard InChI is InChI=1S/C28H33ClN2O/c1-23-8-10-24(11-9-23)22-25-12-14-26(15-13-25)32-21-5-4-16-30-17-19-31(20-18-30)28-7-3-2-6-27(28)29/h2-3,6-15H,4-5,16-22H2,1H3. The number of unbranched alkanes of at least 4 members (excludes halogenated alkanes) is 1. The van der Waals surface area contributed by atoms with Gasteiger partial charge in [-0.3, -0.25) is 4.90 Å². The number of halogens is 1. The van der Waals surface area contributed by atoms with Gasteiger partial charge in [-0.15, -0.1) is 0 Å². The molecule has 3 nitrogen and oxygen atoms in total. The third-order valence-corrected chi connectivity index (χ3v) is 6.47. The Bertz CT molecular complexity index is 963. The molecule has 4 rings (SSSR count). The number of piperazine rings is 1. The van der Waals surface area contributed by atoms with E-state index in [1.165, 1.54) is 16.7 Å². The first kappa shape index (κ1) is 22.7. The normalized spacial score (nSPS) is 14.5. The van der Waals surface area contributed by atoms with Gasteiger partial charge in [0.25, 0.3) is 0 Å². The summed E-state index contributed by atoms with van der Waals surface area (Å²) in [6.07, 6.45) is 3.21. The second-order valence-electron chi connectivity index (χ2n) is 8.64. The molecule has 0 amide bonds. The van der Waals surface area contributed by atoms with E-state index in [2.05, 4.69) is 77.4 Å². The van der Waals surface area contributed by atoms with Crippen LogP contribution in [0, 0.1) is 6.92 Å². The van der Waals surface area contributed by atoms with E-state index in [4.69, 9.17) is 16.3 Å². The molecule has 4 heteroatoms. The van der Waals surface area contributed by atoms with Gasteiger partial charge in [0.05, 0.1) is 17.3 Å². The van der Waals surface area contributed by atoms with Gasteiger partial charge in [0.2, 0.25) is 0 Å². The third kappa shape index (κ3) is 6.51. The molecule has 0 aliphatic carbocycles. The molecule has 32 heavy (non-hydrogen) atoms. The maximum Gasteiger partial charge on any atom is 0.119 e. The smallest absolute Gasteiger partial charge is 0.119 e. The maximum absolute atomic E-state index is 6.34. The van der Waals surface area contributed by atoms with Crippen LogP contribution in [0.25, 0.3) is 0 Å². The lowest BCUT2D eigenvalue weighted by molar-refractivity contribution is 0.238. The molecule has 1 aliphatic rings. The maximum atomic E-state index is 6.34. The molecule has 1 saturated heterocycles. The number of hydrogen-bond acceptors (Lipinski definition) is 3. The molecular weight excluding hydrogens is 416 g/mol. The summed E-state index contributed by atoms with van der Waals surface area (Å²) in [7, 11) is 0. The van der Waals surface area contributed by atoms with Crippen LogP contribution in [0.2, 0.25) is 5.02 Å². The van der Waals surface area contributed by atoms with Crippen molar-refractivity contribution < 1.29 is 4.74 Å². The molecule has 0 aromatic heterocycles. The van der Waals surface area contributed by atoms with E-state index < -0.39 is 0 Å². The molecule has 0 saturated carbocycles. The number of rotatable bonds is 9. The third-order valence-electron chi connectivity index (χ3n) is 6.16. The van der Waals surface area contributed by atoms with Crippen LogP contribution in [0.5, 0.6) is 5.75 Å². The Morgan fingerprint density at radius 3 is 2.12 bits per heavy atom. The van der Waals surface area contributed by atoms with Crippen LogP contribution in [-0.2, 0) is 6.42 Å². The molecule has 0 bridgehead atoms. The summed E-state index contributed by atoms with van der Waals surface area (Å²) < 4.78 is 5.96. The summed E-state index contributed by atoms with van der Waals surface area (Å²) in [6, 6.07) is 25.4. The van der Waals surface area contributed by atoms with Crippen molar-refractivity contribution in [1.29, 1.82) is 0 Å². The lowest BCUT2D eigenvalue weighted by Gasteiger charge is -2.36.